The SMILES string of the molecule is CCNC(=NCc1ccc(OC)cc1OC)NCC(C(C)C)N1CCN(C)CC1. The number of nitrogens with one attached hydrogen (secondary N) is 2. The van der Waals surface area contributed by atoms with Gasteiger partial charge in [-0.05, 0) is 32.0 Å². The molecule has 1 aromatic rings. The number of nitrogens with zero attached hydrogens (tertiary/aromatic N) is 3. The molecular formula is C22H39N5O2. The summed E-state index contributed by atoms with van der Waals surface area (Å²) in [6.45, 7) is 13.5. The number of guanidine groups is 1. The lowest BCUT2D eigenvalue weighted by Gasteiger charge is -2.40. The number of piperazine rings is 1. The number of hydrogen-bond donors (Lipinski definition) is 2. The first kappa shape index (κ1) is 23.3. The highest BCUT2D eigenvalue weighted by Crippen LogP contribution is 2.25. The van der Waals surface area contributed by atoms with Gasteiger partial charge in [0, 0.05) is 56.9 Å². The zero-order chi connectivity index (χ0) is 21.2. The number of rotatable bonds is 9. The molecule has 1 aliphatic heterocycles. The van der Waals surface area contributed by atoms with Crippen molar-refractivity contribution >= 4 is 5.96 Å². The minimum atomic E-state index is 0.489. The Morgan fingerprint density at radius 3 is 2.41 bits per heavy atom. The third-order valence-electron chi connectivity index (χ3n) is 5.50. The number of aliphatic imine (C=N–C) groups is 1. The molecule has 0 spiro atoms. The second-order valence-electron chi connectivity index (χ2n) is 7.90. The van der Waals surface area contributed by atoms with Gasteiger partial charge in [-0.3, -0.25) is 4.90 Å². The molecule has 0 aliphatic carbocycles. The quantitative estimate of drug-likeness (QED) is 0.484. The Morgan fingerprint density at radius 2 is 1.83 bits per heavy atom. The molecule has 7 heteroatoms. The van der Waals surface area contributed by atoms with Crippen molar-refractivity contribution in [3.05, 3.63) is 23.8 Å². The Morgan fingerprint density at radius 1 is 1.10 bits per heavy atom. The van der Waals surface area contributed by atoms with Crippen LogP contribution in [-0.2, 0) is 6.54 Å². The predicted molar refractivity (Wildman–Crippen MR) is 120 cm³/mol. The lowest BCUT2D eigenvalue weighted by atomic mass is 10.0. The van der Waals surface area contributed by atoms with Crippen LogP contribution in [0.2, 0.25) is 0 Å². The van der Waals surface area contributed by atoms with Crippen LogP contribution in [0.1, 0.15) is 26.3 Å². The molecule has 0 saturated carbocycles. The van der Waals surface area contributed by atoms with E-state index in [0.29, 0.717) is 18.5 Å². The van der Waals surface area contributed by atoms with E-state index in [0.717, 1.165) is 62.3 Å². The molecule has 0 bridgehead atoms. The summed E-state index contributed by atoms with van der Waals surface area (Å²) in [5.74, 6) is 2.99. The average Bonchev–Trinajstić information content (AvgIpc) is 2.72. The van der Waals surface area contributed by atoms with Gasteiger partial charge in [-0.2, -0.15) is 0 Å². The maximum Gasteiger partial charge on any atom is 0.191 e. The fraction of sp³-hybridized carbons (Fsp3) is 0.682. The van der Waals surface area contributed by atoms with E-state index in [4.69, 9.17) is 14.5 Å². The maximum atomic E-state index is 5.50. The smallest absolute Gasteiger partial charge is 0.191 e. The van der Waals surface area contributed by atoms with Gasteiger partial charge in [0.05, 0.1) is 20.8 Å². The van der Waals surface area contributed by atoms with Crippen molar-refractivity contribution in [3.63, 3.8) is 0 Å². The standard InChI is InChI=1S/C22H39N5O2/c1-7-23-22(24-15-18-8-9-19(28-5)14-21(18)29-6)25-16-20(17(2)3)27-12-10-26(4)11-13-27/h8-9,14,17,20H,7,10-13,15-16H2,1-6H3,(H2,23,24,25). The van der Waals surface area contributed by atoms with Gasteiger partial charge in [0.1, 0.15) is 11.5 Å². The van der Waals surface area contributed by atoms with Gasteiger partial charge in [0.15, 0.2) is 5.96 Å². The molecule has 29 heavy (non-hydrogen) atoms. The Labute approximate surface area is 176 Å². The number of ether oxygens (including phenoxy) is 2. The van der Waals surface area contributed by atoms with Crippen molar-refractivity contribution in [1.29, 1.82) is 0 Å². The molecule has 0 amide bonds. The zero-order valence-electron chi connectivity index (χ0n) is 19.0. The second kappa shape index (κ2) is 11.9. The molecule has 7 nitrogen and oxygen atoms in total. The fourth-order valence-corrected chi connectivity index (χ4v) is 3.63. The summed E-state index contributed by atoms with van der Waals surface area (Å²) in [6, 6.07) is 6.33. The maximum absolute atomic E-state index is 5.50. The van der Waals surface area contributed by atoms with Crippen LogP contribution >= 0.6 is 0 Å². The topological polar surface area (TPSA) is 61.4 Å². The van der Waals surface area contributed by atoms with Gasteiger partial charge in [-0.25, -0.2) is 4.99 Å². The van der Waals surface area contributed by atoms with Crippen LogP contribution in [0.4, 0.5) is 0 Å². The van der Waals surface area contributed by atoms with Crippen LogP contribution in [0, 0.1) is 5.92 Å². The molecule has 0 radical (unpaired) electrons. The van der Waals surface area contributed by atoms with E-state index in [1.54, 1.807) is 14.2 Å². The van der Waals surface area contributed by atoms with E-state index in [9.17, 15) is 0 Å². The third kappa shape index (κ3) is 7.08. The van der Waals surface area contributed by atoms with Crippen molar-refractivity contribution < 1.29 is 9.47 Å². The summed E-state index contributed by atoms with van der Waals surface area (Å²) >= 11 is 0. The van der Waals surface area contributed by atoms with Gasteiger partial charge in [0.2, 0.25) is 0 Å². The normalized spacial score (nSPS) is 17.3. The van der Waals surface area contributed by atoms with Crippen LogP contribution in [0.15, 0.2) is 23.2 Å². The van der Waals surface area contributed by atoms with Gasteiger partial charge < -0.3 is 25.0 Å². The Hall–Kier alpha value is -1.99. The van der Waals surface area contributed by atoms with Crippen LogP contribution in [0.3, 0.4) is 0 Å². The molecule has 1 aromatic carbocycles. The molecule has 2 N–H and O–H groups in total. The van der Waals surface area contributed by atoms with E-state index in [1.165, 1.54) is 0 Å². The zero-order valence-corrected chi connectivity index (χ0v) is 19.0. The van der Waals surface area contributed by atoms with Crippen LogP contribution in [0.5, 0.6) is 11.5 Å². The molecule has 1 unspecified atom stereocenters. The van der Waals surface area contributed by atoms with Crippen LogP contribution in [0.25, 0.3) is 0 Å². The first-order chi connectivity index (χ1) is 14.0. The average molecular weight is 406 g/mol. The lowest BCUT2D eigenvalue weighted by Crippen LogP contribution is -2.55. The van der Waals surface area contributed by atoms with Crippen molar-refractivity contribution in [1.82, 2.24) is 20.4 Å². The fourth-order valence-electron chi connectivity index (χ4n) is 3.63. The molecule has 1 saturated heterocycles. The summed E-state index contributed by atoms with van der Waals surface area (Å²) in [5.41, 5.74) is 1.03. The van der Waals surface area contributed by atoms with Crippen LogP contribution < -0.4 is 20.1 Å². The van der Waals surface area contributed by atoms with Gasteiger partial charge in [0.25, 0.3) is 0 Å². The molecule has 2 rings (SSSR count). The van der Waals surface area contributed by atoms with E-state index in [-0.39, 0.29) is 0 Å². The first-order valence-electron chi connectivity index (χ1n) is 10.6. The summed E-state index contributed by atoms with van der Waals surface area (Å²) < 4.78 is 10.8. The molecular weight excluding hydrogens is 366 g/mol. The Kier molecular flexibility index (Phi) is 9.54. The van der Waals surface area contributed by atoms with Crippen molar-refractivity contribution in [2.75, 3.05) is 60.5 Å². The number of likely N-dealkylation sites (N-methyl/N-ethyl adjacent to an activating group) is 1. The third-order valence-corrected chi connectivity index (χ3v) is 5.50. The van der Waals surface area contributed by atoms with E-state index < -0.39 is 0 Å². The lowest BCUT2D eigenvalue weighted by molar-refractivity contribution is 0.0900. The van der Waals surface area contributed by atoms with Crippen molar-refractivity contribution in [2.24, 2.45) is 10.9 Å². The molecule has 1 atom stereocenters. The number of benzene rings is 1. The molecule has 1 aliphatic rings. The molecule has 0 aromatic heterocycles. The van der Waals surface area contributed by atoms with E-state index in [1.807, 2.05) is 18.2 Å². The predicted octanol–water partition coefficient (Wildman–Crippen LogP) is 2.03. The van der Waals surface area contributed by atoms with Gasteiger partial charge in [-0.15, -0.1) is 0 Å². The largest absolute Gasteiger partial charge is 0.497 e. The minimum Gasteiger partial charge on any atom is -0.497 e. The summed E-state index contributed by atoms with van der Waals surface area (Å²) in [5, 5.41) is 6.92. The highest BCUT2D eigenvalue weighted by atomic mass is 16.5. The van der Waals surface area contributed by atoms with Gasteiger partial charge in [-0.1, -0.05) is 13.8 Å². The van der Waals surface area contributed by atoms with Crippen LogP contribution in [-0.4, -0.2) is 82.3 Å². The monoisotopic (exact) mass is 405 g/mol. The Balaban J connectivity index is 2.02. The van der Waals surface area contributed by atoms with Crippen molar-refractivity contribution in [3.8, 4) is 11.5 Å². The number of hydrogen-bond acceptors (Lipinski definition) is 5. The molecule has 164 valence electrons. The summed E-state index contributed by atoms with van der Waals surface area (Å²) in [4.78, 5) is 9.79. The van der Waals surface area contributed by atoms with E-state index in [2.05, 4.69) is 48.3 Å². The first-order valence-corrected chi connectivity index (χ1v) is 10.6. The number of methoxy groups -OCH3 is 2. The summed E-state index contributed by atoms with van der Waals surface area (Å²) in [7, 11) is 5.53. The highest BCUT2D eigenvalue weighted by Gasteiger charge is 2.25. The minimum absolute atomic E-state index is 0.489. The van der Waals surface area contributed by atoms with Gasteiger partial charge >= 0.3 is 0 Å². The highest BCUT2D eigenvalue weighted by molar-refractivity contribution is 5.79. The van der Waals surface area contributed by atoms with E-state index >= 15 is 0 Å². The molecule has 1 fully saturated rings. The summed E-state index contributed by atoms with van der Waals surface area (Å²) in [6.07, 6.45) is 0. The Bertz CT molecular complexity index is 642. The second-order valence-corrected chi connectivity index (χ2v) is 7.90. The van der Waals surface area contributed by atoms with Crippen molar-refractivity contribution in [2.45, 2.75) is 33.4 Å². The molecule has 1 heterocycles.